The summed E-state index contributed by atoms with van der Waals surface area (Å²) in [4.78, 5) is 0. The Balaban J connectivity index is 2.47. The standard InChI is InChI=1S/C14H20N2/c1-11(2)14(9-15)10-16-12(3)13-7-5-4-6-8-13/h4-8,11-12,14,16H,10H2,1-3H3. The van der Waals surface area contributed by atoms with Crippen molar-refractivity contribution in [2.45, 2.75) is 26.8 Å². The third-order valence-corrected chi connectivity index (χ3v) is 2.91. The number of nitriles is 1. The van der Waals surface area contributed by atoms with Crippen molar-refractivity contribution in [2.75, 3.05) is 6.54 Å². The van der Waals surface area contributed by atoms with E-state index in [1.165, 1.54) is 5.56 Å². The van der Waals surface area contributed by atoms with E-state index < -0.39 is 0 Å². The average molecular weight is 216 g/mol. The molecule has 0 aliphatic carbocycles. The summed E-state index contributed by atoms with van der Waals surface area (Å²) in [7, 11) is 0. The largest absolute Gasteiger partial charge is 0.309 e. The van der Waals surface area contributed by atoms with E-state index in [0.717, 1.165) is 6.54 Å². The fourth-order valence-corrected chi connectivity index (χ4v) is 1.59. The molecule has 2 nitrogen and oxygen atoms in total. The minimum atomic E-state index is 0.0890. The molecule has 0 aliphatic heterocycles. The Bertz CT molecular complexity index is 338. The molecule has 0 aromatic heterocycles. The number of hydrogen-bond acceptors (Lipinski definition) is 2. The number of benzene rings is 1. The van der Waals surface area contributed by atoms with E-state index >= 15 is 0 Å². The van der Waals surface area contributed by atoms with Crippen LogP contribution in [0.4, 0.5) is 0 Å². The van der Waals surface area contributed by atoms with Gasteiger partial charge >= 0.3 is 0 Å². The minimum Gasteiger partial charge on any atom is -0.309 e. The predicted molar refractivity (Wildman–Crippen MR) is 66.8 cm³/mol. The molecular formula is C14H20N2. The predicted octanol–water partition coefficient (Wildman–Crippen LogP) is 3.13. The van der Waals surface area contributed by atoms with Crippen molar-refractivity contribution in [3.8, 4) is 6.07 Å². The first kappa shape index (κ1) is 12.7. The van der Waals surface area contributed by atoms with Crippen LogP contribution < -0.4 is 5.32 Å². The van der Waals surface area contributed by atoms with E-state index in [4.69, 9.17) is 5.26 Å². The molecule has 2 unspecified atom stereocenters. The van der Waals surface area contributed by atoms with Gasteiger partial charge in [0.25, 0.3) is 0 Å². The Kier molecular flexibility index (Phi) is 5.01. The molecule has 0 saturated heterocycles. The first-order chi connectivity index (χ1) is 7.65. The molecule has 0 aliphatic rings. The molecule has 0 heterocycles. The molecule has 2 heteroatoms. The molecular weight excluding hydrogens is 196 g/mol. The Hall–Kier alpha value is -1.33. The highest BCUT2D eigenvalue weighted by atomic mass is 14.9. The maximum atomic E-state index is 8.99. The van der Waals surface area contributed by atoms with Crippen molar-refractivity contribution in [1.82, 2.24) is 5.32 Å². The van der Waals surface area contributed by atoms with Gasteiger partial charge in [0.2, 0.25) is 0 Å². The van der Waals surface area contributed by atoms with Gasteiger partial charge in [0.1, 0.15) is 0 Å². The maximum Gasteiger partial charge on any atom is 0.0671 e. The Labute approximate surface area is 98.3 Å². The lowest BCUT2D eigenvalue weighted by Gasteiger charge is -2.18. The summed E-state index contributed by atoms with van der Waals surface area (Å²) < 4.78 is 0. The first-order valence-corrected chi connectivity index (χ1v) is 5.83. The zero-order valence-electron chi connectivity index (χ0n) is 10.3. The SMILES string of the molecule is CC(NCC(C#N)C(C)C)c1ccccc1. The zero-order valence-corrected chi connectivity index (χ0v) is 10.3. The van der Waals surface area contributed by atoms with Crippen molar-refractivity contribution in [3.63, 3.8) is 0 Å². The molecule has 2 atom stereocenters. The van der Waals surface area contributed by atoms with Gasteiger partial charge in [-0.3, -0.25) is 0 Å². The lowest BCUT2D eigenvalue weighted by Crippen LogP contribution is -2.27. The van der Waals surface area contributed by atoms with Crippen LogP contribution in [-0.2, 0) is 0 Å². The number of hydrogen-bond donors (Lipinski definition) is 1. The maximum absolute atomic E-state index is 8.99. The first-order valence-electron chi connectivity index (χ1n) is 5.83. The second-order valence-corrected chi connectivity index (χ2v) is 4.52. The van der Waals surface area contributed by atoms with Crippen molar-refractivity contribution in [3.05, 3.63) is 35.9 Å². The summed E-state index contributed by atoms with van der Waals surface area (Å²) in [6.45, 7) is 7.06. The summed E-state index contributed by atoms with van der Waals surface area (Å²) >= 11 is 0. The number of nitrogens with zero attached hydrogens (tertiary/aromatic N) is 1. The molecule has 1 aromatic rings. The Morgan fingerprint density at radius 1 is 1.19 bits per heavy atom. The van der Waals surface area contributed by atoms with Crippen LogP contribution in [0.1, 0.15) is 32.4 Å². The summed E-state index contributed by atoms with van der Waals surface area (Å²) in [5, 5.41) is 12.4. The fourth-order valence-electron chi connectivity index (χ4n) is 1.59. The summed E-state index contributed by atoms with van der Waals surface area (Å²) in [6.07, 6.45) is 0. The molecule has 0 radical (unpaired) electrons. The van der Waals surface area contributed by atoms with Crippen LogP contribution in [0.5, 0.6) is 0 Å². The molecule has 0 spiro atoms. The van der Waals surface area contributed by atoms with Crippen molar-refractivity contribution >= 4 is 0 Å². The lowest BCUT2D eigenvalue weighted by molar-refractivity contribution is 0.419. The topological polar surface area (TPSA) is 35.8 Å². The minimum absolute atomic E-state index is 0.0890. The van der Waals surface area contributed by atoms with Crippen LogP contribution in [0.25, 0.3) is 0 Å². The van der Waals surface area contributed by atoms with Crippen molar-refractivity contribution in [1.29, 1.82) is 5.26 Å². The highest BCUT2D eigenvalue weighted by Crippen LogP contribution is 2.14. The van der Waals surface area contributed by atoms with Gasteiger partial charge in [-0.05, 0) is 18.4 Å². The van der Waals surface area contributed by atoms with Gasteiger partial charge < -0.3 is 5.32 Å². The van der Waals surface area contributed by atoms with Gasteiger partial charge in [-0.25, -0.2) is 0 Å². The number of rotatable bonds is 5. The van der Waals surface area contributed by atoms with Gasteiger partial charge in [0, 0.05) is 12.6 Å². The van der Waals surface area contributed by atoms with E-state index in [0.29, 0.717) is 12.0 Å². The summed E-state index contributed by atoms with van der Waals surface area (Å²) in [5.74, 6) is 0.492. The molecule has 0 saturated carbocycles. The van der Waals surface area contributed by atoms with Crippen LogP contribution in [0.3, 0.4) is 0 Å². The van der Waals surface area contributed by atoms with Crippen LogP contribution >= 0.6 is 0 Å². The van der Waals surface area contributed by atoms with Crippen LogP contribution in [0, 0.1) is 23.2 Å². The van der Waals surface area contributed by atoms with E-state index in [1.54, 1.807) is 0 Å². The van der Waals surface area contributed by atoms with Crippen molar-refractivity contribution < 1.29 is 0 Å². The van der Waals surface area contributed by atoms with E-state index in [9.17, 15) is 0 Å². The Morgan fingerprint density at radius 2 is 1.81 bits per heavy atom. The lowest BCUT2D eigenvalue weighted by atomic mass is 9.97. The van der Waals surface area contributed by atoms with Gasteiger partial charge in [-0.15, -0.1) is 0 Å². The van der Waals surface area contributed by atoms with Crippen molar-refractivity contribution in [2.24, 2.45) is 11.8 Å². The third-order valence-electron chi connectivity index (χ3n) is 2.91. The summed E-state index contributed by atoms with van der Waals surface area (Å²) in [6, 6.07) is 13.0. The molecule has 0 fully saturated rings. The van der Waals surface area contributed by atoms with Crippen LogP contribution in [-0.4, -0.2) is 6.54 Å². The molecule has 86 valence electrons. The molecule has 1 N–H and O–H groups in total. The van der Waals surface area contributed by atoms with E-state index in [1.807, 2.05) is 18.2 Å². The molecule has 0 bridgehead atoms. The van der Waals surface area contributed by atoms with Gasteiger partial charge in [0.15, 0.2) is 0 Å². The second-order valence-electron chi connectivity index (χ2n) is 4.52. The molecule has 1 aromatic carbocycles. The highest BCUT2D eigenvalue weighted by molar-refractivity contribution is 5.18. The van der Waals surface area contributed by atoms with Gasteiger partial charge in [0.05, 0.1) is 12.0 Å². The molecule has 0 amide bonds. The highest BCUT2D eigenvalue weighted by Gasteiger charge is 2.13. The van der Waals surface area contributed by atoms with Gasteiger partial charge in [-0.2, -0.15) is 5.26 Å². The van der Waals surface area contributed by atoms with Gasteiger partial charge in [-0.1, -0.05) is 44.2 Å². The van der Waals surface area contributed by atoms with Crippen LogP contribution in [0.2, 0.25) is 0 Å². The summed E-state index contributed by atoms with van der Waals surface area (Å²) in [5.41, 5.74) is 1.27. The molecule has 16 heavy (non-hydrogen) atoms. The second kappa shape index (κ2) is 6.30. The molecule has 1 rings (SSSR count). The smallest absolute Gasteiger partial charge is 0.0671 e. The number of nitrogens with one attached hydrogen (secondary N) is 1. The zero-order chi connectivity index (χ0) is 12.0. The average Bonchev–Trinajstić information content (AvgIpc) is 2.30. The quantitative estimate of drug-likeness (QED) is 0.820. The van der Waals surface area contributed by atoms with Crippen LogP contribution in [0.15, 0.2) is 30.3 Å². The normalized spacial score (nSPS) is 14.4. The van der Waals surface area contributed by atoms with E-state index in [2.05, 4.69) is 44.3 Å². The van der Waals surface area contributed by atoms with E-state index in [-0.39, 0.29) is 5.92 Å². The Morgan fingerprint density at radius 3 is 2.31 bits per heavy atom. The third kappa shape index (κ3) is 3.67. The fraction of sp³-hybridized carbons (Fsp3) is 0.500. The monoisotopic (exact) mass is 216 g/mol.